The van der Waals surface area contributed by atoms with Crippen LogP contribution < -0.4 is 20.4 Å². The van der Waals surface area contributed by atoms with Gasteiger partial charge in [0.15, 0.2) is 0 Å². The number of fused-ring (bicyclic) bond motifs is 1. The quantitative estimate of drug-likeness (QED) is 0.811. The first-order valence-corrected chi connectivity index (χ1v) is 9.28. The molecule has 4 rings (SSSR count). The summed E-state index contributed by atoms with van der Waals surface area (Å²) in [4.78, 5) is 26.9. The van der Waals surface area contributed by atoms with Crippen molar-refractivity contribution in [1.82, 2.24) is 10.6 Å². The van der Waals surface area contributed by atoms with Crippen LogP contribution in [0.5, 0.6) is 0 Å². The molecule has 3 fully saturated rings. The van der Waals surface area contributed by atoms with E-state index >= 15 is 0 Å². The smallest absolute Gasteiger partial charge is 0.415 e. The van der Waals surface area contributed by atoms with E-state index in [1.54, 1.807) is 19.1 Å². The van der Waals surface area contributed by atoms with Crippen molar-refractivity contribution in [2.75, 3.05) is 43.0 Å². The number of halogens is 1. The Morgan fingerprint density at radius 3 is 2.67 bits per heavy atom. The monoisotopic (exact) mass is 376 g/mol. The number of cyclic esters (lactones) is 1. The van der Waals surface area contributed by atoms with E-state index in [0.717, 1.165) is 13.1 Å². The zero-order valence-corrected chi connectivity index (χ0v) is 15.8. The zero-order valence-electron chi connectivity index (χ0n) is 15.8. The number of amides is 2. The molecular formula is C19H25FN4O3. The molecule has 1 aliphatic carbocycles. The maximum absolute atomic E-state index is 14.8. The van der Waals surface area contributed by atoms with Crippen LogP contribution in [0.3, 0.4) is 0 Å². The van der Waals surface area contributed by atoms with E-state index in [9.17, 15) is 14.0 Å². The normalized spacial score (nSPS) is 31.7. The van der Waals surface area contributed by atoms with Gasteiger partial charge in [-0.25, -0.2) is 9.18 Å². The summed E-state index contributed by atoms with van der Waals surface area (Å²) in [7, 11) is 1.97. The molecule has 2 heterocycles. The Kier molecular flexibility index (Phi) is 4.25. The van der Waals surface area contributed by atoms with Crippen molar-refractivity contribution in [1.29, 1.82) is 0 Å². The van der Waals surface area contributed by atoms with E-state index < -0.39 is 11.7 Å². The van der Waals surface area contributed by atoms with Crippen molar-refractivity contribution in [3.63, 3.8) is 0 Å². The van der Waals surface area contributed by atoms with Crippen LogP contribution in [0.4, 0.5) is 20.6 Å². The van der Waals surface area contributed by atoms with Crippen molar-refractivity contribution >= 4 is 23.4 Å². The molecule has 2 aliphatic heterocycles. The lowest BCUT2D eigenvalue weighted by Gasteiger charge is -2.24. The van der Waals surface area contributed by atoms with Crippen LogP contribution in [0.1, 0.15) is 13.8 Å². The van der Waals surface area contributed by atoms with E-state index in [4.69, 9.17) is 4.74 Å². The highest BCUT2D eigenvalue weighted by atomic mass is 19.1. The van der Waals surface area contributed by atoms with Gasteiger partial charge >= 0.3 is 6.09 Å². The lowest BCUT2D eigenvalue weighted by Crippen LogP contribution is -2.43. The Morgan fingerprint density at radius 2 is 2.07 bits per heavy atom. The lowest BCUT2D eigenvalue weighted by atomic mass is 10.1. The Morgan fingerprint density at radius 1 is 1.37 bits per heavy atom. The molecule has 0 radical (unpaired) electrons. The average Bonchev–Trinajstić information content (AvgIpc) is 2.94. The van der Waals surface area contributed by atoms with E-state index in [1.165, 1.54) is 17.9 Å². The van der Waals surface area contributed by atoms with E-state index in [0.29, 0.717) is 29.3 Å². The van der Waals surface area contributed by atoms with Gasteiger partial charge in [0.1, 0.15) is 11.4 Å². The second kappa shape index (κ2) is 6.37. The van der Waals surface area contributed by atoms with Gasteiger partial charge in [-0.2, -0.15) is 0 Å². The second-order valence-electron chi connectivity index (χ2n) is 8.00. The van der Waals surface area contributed by atoms with Crippen LogP contribution in [0.15, 0.2) is 18.2 Å². The van der Waals surface area contributed by atoms with Gasteiger partial charge in [0, 0.05) is 26.1 Å². The molecule has 0 aromatic heterocycles. The van der Waals surface area contributed by atoms with Gasteiger partial charge in [-0.3, -0.25) is 9.69 Å². The van der Waals surface area contributed by atoms with Crippen molar-refractivity contribution in [3.05, 3.63) is 24.0 Å². The van der Waals surface area contributed by atoms with Crippen LogP contribution >= 0.6 is 0 Å². The summed E-state index contributed by atoms with van der Waals surface area (Å²) in [5.74, 6) is 0.664. The molecule has 7 nitrogen and oxygen atoms in total. The average molecular weight is 376 g/mol. The summed E-state index contributed by atoms with van der Waals surface area (Å²) in [6.07, 6.45) is -0.533. The highest BCUT2D eigenvalue weighted by molar-refractivity contribution is 5.90. The van der Waals surface area contributed by atoms with Crippen molar-refractivity contribution in [2.24, 2.45) is 11.8 Å². The molecule has 2 unspecified atom stereocenters. The highest BCUT2D eigenvalue weighted by Crippen LogP contribution is 2.47. The molecule has 3 aliphatic rings. The molecule has 1 saturated carbocycles. The summed E-state index contributed by atoms with van der Waals surface area (Å²) < 4.78 is 20.2. The predicted molar refractivity (Wildman–Crippen MR) is 99.4 cm³/mol. The Labute approximate surface area is 157 Å². The lowest BCUT2D eigenvalue weighted by molar-refractivity contribution is -0.119. The minimum absolute atomic E-state index is 0.190. The topological polar surface area (TPSA) is 73.9 Å². The van der Waals surface area contributed by atoms with Gasteiger partial charge in [0.2, 0.25) is 5.91 Å². The van der Waals surface area contributed by atoms with Gasteiger partial charge in [0.25, 0.3) is 0 Å². The first-order chi connectivity index (χ1) is 12.8. The van der Waals surface area contributed by atoms with Crippen molar-refractivity contribution < 1.29 is 18.7 Å². The van der Waals surface area contributed by atoms with Gasteiger partial charge in [-0.15, -0.1) is 0 Å². The molecule has 2 amide bonds. The van der Waals surface area contributed by atoms with Crippen molar-refractivity contribution in [3.8, 4) is 0 Å². The number of hydrogen-bond acceptors (Lipinski definition) is 5. The Bertz CT molecular complexity index is 776. The molecule has 0 spiro atoms. The number of anilines is 2. The second-order valence-corrected chi connectivity index (χ2v) is 8.00. The zero-order chi connectivity index (χ0) is 19.3. The fourth-order valence-corrected chi connectivity index (χ4v) is 4.37. The fourth-order valence-electron chi connectivity index (χ4n) is 4.37. The number of hydrogen-bond donors (Lipinski definition) is 2. The standard InChI is InChI=1S/C19H25FN4O3/c1-11(25)22-9-19(2)10-24(18(26)27-19)12-4-5-16(15(20)6-12)23-7-13-14(8-23)17(13)21-3/h4-6,13-14,17,21H,7-10H2,1-3H3,(H,22,25)/t13-,14?,17?,19+/m1/s1. The van der Waals surface area contributed by atoms with Gasteiger partial charge in [-0.1, -0.05) is 0 Å². The molecule has 27 heavy (non-hydrogen) atoms. The van der Waals surface area contributed by atoms with Crippen LogP contribution in [0.2, 0.25) is 0 Å². The number of ether oxygens (including phenoxy) is 1. The number of carbonyl (C=O) groups excluding carboxylic acids is 2. The van der Waals surface area contributed by atoms with Gasteiger partial charge < -0.3 is 20.3 Å². The first-order valence-electron chi connectivity index (χ1n) is 9.28. The fraction of sp³-hybridized carbons (Fsp3) is 0.579. The maximum atomic E-state index is 14.8. The number of piperidine rings is 1. The summed E-state index contributed by atoms with van der Waals surface area (Å²) in [6, 6.07) is 5.44. The number of benzene rings is 1. The summed E-state index contributed by atoms with van der Waals surface area (Å²) in [6.45, 7) is 5.34. The molecule has 2 saturated heterocycles. The predicted octanol–water partition coefficient (Wildman–Crippen LogP) is 1.33. The molecule has 8 heteroatoms. The van der Waals surface area contributed by atoms with Crippen LogP contribution in [-0.4, -0.2) is 56.9 Å². The summed E-state index contributed by atoms with van der Waals surface area (Å²) >= 11 is 0. The molecule has 2 N–H and O–H groups in total. The number of carbonyl (C=O) groups is 2. The minimum atomic E-state index is -0.837. The molecule has 146 valence electrons. The number of rotatable bonds is 5. The molecule has 4 atom stereocenters. The third-order valence-corrected chi connectivity index (χ3v) is 5.87. The third kappa shape index (κ3) is 3.22. The maximum Gasteiger partial charge on any atom is 0.415 e. The van der Waals surface area contributed by atoms with E-state index in [2.05, 4.69) is 15.5 Å². The van der Waals surface area contributed by atoms with Crippen molar-refractivity contribution in [2.45, 2.75) is 25.5 Å². The number of nitrogens with one attached hydrogen (secondary N) is 2. The van der Waals surface area contributed by atoms with Gasteiger partial charge in [0.05, 0.1) is 24.5 Å². The third-order valence-electron chi connectivity index (χ3n) is 5.87. The SMILES string of the molecule is CNC1C2CN(c3ccc(N4C[C@](C)(CNC(C)=O)OC4=O)cc3F)C[C@H]21. The molecule has 1 aromatic rings. The van der Waals surface area contributed by atoms with Gasteiger partial charge in [-0.05, 0) is 44.0 Å². The molecular weight excluding hydrogens is 351 g/mol. The molecule has 0 bridgehead atoms. The first kappa shape index (κ1) is 18.0. The Hall–Kier alpha value is -2.35. The minimum Gasteiger partial charge on any atom is -0.439 e. The van der Waals surface area contributed by atoms with Crippen LogP contribution in [0.25, 0.3) is 0 Å². The summed E-state index contributed by atoms with van der Waals surface area (Å²) in [5.41, 5.74) is 0.204. The van der Waals surface area contributed by atoms with E-state index in [-0.39, 0.29) is 24.8 Å². The molecule has 1 aromatic carbocycles. The Balaban J connectivity index is 1.45. The summed E-state index contributed by atoms with van der Waals surface area (Å²) in [5, 5.41) is 5.96. The largest absolute Gasteiger partial charge is 0.439 e. The van der Waals surface area contributed by atoms with E-state index in [1.807, 2.05) is 7.05 Å². The highest BCUT2D eigenvalue weighted by Gasteiger charge is 2.55. The number of nitrogens with zero attached hydrogens (tertiary/aromatic N) is 2. The van der Waals surface area contributed by atoms with Crippen LogP contribution in [0, 0.1) is 17.7 Å². The van der Waals surface area contributed by atoms with Crippen LogP contribution in [-0.2, 0) is 9.53 Å².